The number of hydrogen-bond acceptors (Lipinski definition) is 1. The van der Waals surface area contributed by atoms with Gasteiger partial charge in [-0.2, -0.15) is 0 Å². The van der Waals surface area contributed by atoms with E-state index in [1.165, 1.54) is 31.4 Å². The van der Waals surface area contributed by atoms with E-state index in [1.54, 1.807) is 16.7 Å². The Bertz CT molecular complexity index is 708. The summed E-state index contributed by atoms with van der Waals surface area (Å²) in [5, 5.41) is 0. The van der Waals surface area contributed by atoms with Gasteiger partial charge in [0.15, 0.2) is 0 Å². The molecule has 5 rings (SSSR count). The third-order valence-electron chi connectivity index (χ3n) is 5.90. The monoisotopic (exact) mass is 311 g/mol. The lowest BCUT2D eigenvalue weighted by molar-refractivity contribution is 0.0895. The standard InChI is InChI=1S/C20H21N.ClH/c1-20-17-8-4-2-6-15(17)12-19(21(20)13-14-10-11-14)16-7-3-5-9-18(16)20;/h2-9,14,19H,10-13H2,1H3;1H. The van der Waals surface area contributed by atoms with Crippen LogP contribution in [0.4, 0.5) is 0 Å². The maximum Gasteiger partial charge on any atom is 0.0698 e. The lowest BCUT2D eigenvalue weighted by Crippen LogP contribution is -2.46. The van der Waals surface area contributed by atoms with Crippen molar-refractivity contribution in [1.82, 2.24) is 4.90 Å². The Kier molecular flexibility index (Phi) is 3.15. The first kappa shape index (κ1) is 14.3. The van der Waals surface area contributed by atoms with Crippen LogP contribution in [-0.2, 0) is 12.0 Å². The van der Waals surface area contributed by atoms with Crippen LogP contribution in [0.2, 0.25) is 0 Å². The molecule has 2 aromatic carbocycles. The third-order valence-corrected chi connectivity index (χ3v) is 5.90. The summed E-state index contributed by atoms with van der Waals surface area (Å²) >= 11 is 0. The van der Waals surface area contributed by atoms with E-state index in [1.807, 2.05) is 0 Å². The van der Waals surface area contributed by atoms with Gasteiger partial charge in [0.1, 0.15) is 0 Å². The molecule has 2 heterocycles. The Hall–Kier alpha value is -1.31. The zero-order valence-electron chi connectivity index (χ0n) is 13.0. The van der Waals surface area contributed by atoms with Crippen LogP contribution >= 0.6 is 12.4 Å². The van der Waals surface area contributed by atoms with Crippen LogP contribution < -0.4 is 0 Å². The molecule has 0 N–H and O–H groups in total. The van der Waals surface area contributed by atoms with Crippen LogP contribution in [0, 0.1) is 5.92 Å². The summed E-state index contributed by atoms with van der Waals surface area (Å²) in [6, 6.07) is 18.8. The van der Waals surface area contributed by atoms with Crippen LogP contribution in [0.5, 0.6) is 0 Å². The molecule has 1 fully saturated rings. The molecule has 2 unspecified atom stereocenters. The second-order valence-corrected chi connectivity index (χ2v) is 7.13. The minimum absolute atomic E-state index is 0. The summed E-state index contributed by atoms with van der Waals surface area (Å²) in [5.41, 5.74) is 6.27. The first-order valence-electron chi connectivity index (χ1n) is 8.23. The SMILES string of the molecule is CC12c3ccccc3CC(c3ccccc31)N2CC1CC1.Cl. The number of nitrogens with zero attached hydrogens (tertiary/aromatic N) is 1. The van der Waals surface area contributed by atoms with E-state index < -0.39 is 0 Å². The molecule has 114 valence electrons. The molecule has 0 radical (unpaired) electrons. The Balaban J connectivity index is 0.00000125. The highest BCUT2D eigenvalue weighted by Crippen LogP contribution is 2.56. The highest BCUT2D eigenvalue weighted by Gasteiger charge is 2.52. The van der Waals surface area contributed by atoms with Crippen molar-refractivity contribution in [3.05, 3.63) is 70.8 Å². The highest BCUT2D eigenvalue weighted by atomic mass is 35.5. The largest absolute Gasteiger partial charge is 0.282 e. The highest BCUT2D eigenvalue weighted by molar-refractivity contribution is 5.85. The van der Waals surface area contributed by atoms with Crippen LogP contribution in [-0.4, -0.2) is 11.4 Å². The number of rotatable bonds is 2. The number of benzene rings is 2. The molecule has 2 heteroatoms. The minimum Gasteiger partial charge on any atom is -0.282 e. The molecule has 2 bridgehead atoms. The second kappa shape index (κ2) is 4.84. The van der Waals surface area contributed by atoms with Crippen LogP contribution in [0.3, 0.4) is 0 Å². The van der Waals surface area contributed by atoms with Gasteiger partial charge in [-0.1, -0.05) is 48.5 Å². The molecule has 0 aromatic heterocycles. The van der Waals surface area contributed by atoms with Crippen molar-refractivity contribution in [2.45, 2.75) is 37.8 Å². The molecule has 0 spiro atoms. The molecule has 2 aliphatic heterocycles. The van der Waals surface area contributed by atoms with Crippen molar-refractivity contribution in [2.24, 2.45) is 5.92 Å². The molecular formula is C20H22ClN. The van der Waals surface area contributed by atoms with Gasteiger partial charge in [0.05, 0.1) is 5.54 Å². The zero-order chi connectivity index (χ0) is 14.0. The fraction of sp³-hybridized carbons (Fsp3) is 0.400. The molecule has 1 aliphatic carbocycles. The lowest BCUT2D eigenvalue weighted by Gasteiger charge is -2.44. The molecule has 22 heavy (non-hydrogen) atoms. The molecule has 1 saturated carbocycles. The fourth-order valence-corrected chi connectivity index (χ4v) is 4.66. The number of halogens is 1. The van der Waals surface area contributed by atoms with E-state index in [2.05, 4.69) is 60.4 Å². The fourth-order valence-electron chi connectivity index (χ4n) is 4.66. The summed E-state index contributed by atoms with van der Waals surface area (Å²) < 4.78 is 0. The van der Waals surface area contributed by atoms with Gasteiger partial charge >= 0.3 is 0 Å². The van der Waals surface area contributed by atoms with Gasteiger partial charge < -0.3 is 0 Å². The maximum absolute atomic E-state index is 2.80. The van der Waals surface area contributed by atoms with Crippen molar-refractivity contribution in [1.29, 1.82) is 0 Å². The zero-order valence-corrected chi connectivity index (χ0v) is 13.8. The normalized spacial score (nSPS) is 28.7. The molecule has 2 atom stereocenters. The average molecular weight is 312 g/mol. The third kappa shape index (κ3) is 1.76. The first-order valence-corrected chi connectivity index (χ1v) is 8.23. The van der Waals surface area contributed by atoms with Crippen LogP contribution in [0.25, 0.3) is 0 Å². The average Bonchev–Trinajstić information content (AvgIpc) is 3.31. The summed E-state index contributed by atoms with van der Waals surface area (Å²) in [4.78, 5) is 2.80. The first-order chi connectivity index (χ1) is 10.3. The summed E-state index contributed by atoms with van der Waals surface area (Å²) in [7, 11) is 0. The lowest BCUT2D eigenvalue weighted by atomic mass is 9.80. The molecule has 0 amide bonds. The Morgan fingerprint density at radius 1 is 1.00 bits per heavy atom. The van der Waals surface area contributed by atoms with Gasteiger partial charge in [-0.05, 0) is 54.4 Å². The number of hydrogen-bond donors (Lipinski definition) is 0. The van der Waals surface area contributed by atoms with E-state index >= 15 is 0 Å². The van der Waals surface area contributed by atoms with Crippen LogP contribution in [0.15, 0.2) is 48.5 Å². The molecule has 2 aromatic rings. The van der Waals surface area contributed by atoms with Gasteiger partial charge in [0, 0.05) is 12.6 Å². The topological polar surface area (TPSA) is 3.24 Å². The predicted molar refractivity (Wildman–Crippen MR) is 92.5 cm³/mol. The molecule has 0 saturated heterocycles. The van der Waals surface area contributed by atoms with Crippen molar-refractivity contribution in [2.75, 3.05) is 6.54 Å². The van der Waals surface area contributed by atoms with Crippen molar-refractivity contribution < 1.29 is 0 Å². The van der Waals surface area contributed by atoms with Gasteiger partial charge in [-0.15, -0.1) is 12.4 Å². The predicted octanol–water partition coefficient (Wildman–Crippen LogP) is 4.69. The summed E-state index contributed by atoms with van der Waals surface area (Å²) in [5.74, 6) is 0.936. The quantitative estimate of drug-likeness (QED) is 0.777. The van der Waals surface area contributed by atoms with Gasteiger partial charge in [-0.25, -0.2) is 0 Å². The van der Waals surface area contributed by atoms with Crippen molar-refractivity contribution in [3.8, 4) is 0 Å². The summed E-state index contributed by atoms with van der Waals surface area (Å²) in [6.07, 6.45) is 4.03. The Labute approximate surface area is 138 Å². The maximum atomic E-state index is 2.80. The molecular weight excluding hydrogens is 290 g/mol. The van der Waals surface area contributed by atoms with E-state index in [0.29, 0.717) is 6.04 Å². The van der Waals surface area contributed by atoms with E-state index in [4.69, 9.17) is 0 Å². The van der Waals surface area contributed by atoms with E-state index in [9.17, 15) is 0 Å². The van der Waals surface area contributed by atoms with Gasteiger partial charge in [0.2, 0.25) is 0 Å². The number of fused-ring (bicyclic) bond motifs is 7. The van der Waals surface area contributed by atoms with Crippen LogP contribution in [0.1, 0.15) is 48.1 Å². The van der Waals surface area contributed by atoms with Crippen molar-refractivity contribution >= 4 is 12.4 Å². The molecule has 3 aliphatic rings. The van der Waals surface area contributed by atoms with Gasteiger partial charge in [-0.3, -0.25) is 4.90 Å². The molecule has 1 nitrogen and oxygen atoms in total. The van der Waals surface area contributed by atoms with Crippen molar-refractivity contribution in [3.63, 3.8) is 0 Å². The minimum atomic E-state index is 0. The second-order valence-electron chi connectivity index (χ2n) is 7.13. The Morgan fingerprint density at radius 2 is 1.68 bits per heavy atom. The van der Waals surface area contributed by atoms with E-state index in [-0.39, 0.29) is 17.9 Å². The van der Waals surface area contributed by atoms with Gasteiger partial charge in [0.25, 0.3) is 0 Å². The summed E-state index contributed by atoms with van der Waals surface area (Å²) in [6.45, 7) is 3.72. The smallest absolute Gasteiger partial charge is 0.0698 e. The Morgan fingerprint density at radius 3 is 2.45 bits per heavy atom. The van der Waals surface area contributed by atoms with E-state index in [0.717, 1.165) is 5.92 Å².